The summed E-state index contributed by atoms with van der Waals surface area (Å²) in [5, 5.41) is 3.83. The van der Waals surface area contributed by atoms with Gasteiger partial charge in [0, 0.05) is 39.7 Å². The molecule has 11 aromatic rings. The van der Waals surface area contributed by atoms with Gasteiger partial charge in [0.2, 0.25) is 0 Å². The van der Waals surface area contributed by atoms with Crippen molar-refractivity contribution in [3.05, 3.63) is 276 Å². The maximum Gasteiger partial charge on any atom is 0.0714 e. The van der Waals surface area contributed by atoms with Gasteiger partial charge in [0.25, 0.3) is 0 Å². The second kappa shape index (κ2) is 14.7. The summed E-state index contributed by atoms with van der Waals surface area (Å²) < 4.78 is 2.35. The van der Waals surface area contributed by atoms with Crippen LogP contribution in [-0.4, -0.2) is 4.57 Å². The first-order valence-electron chi connectivity index (χ1n) is 23.1. The van der Waals surface area contributed by atoms with Crippen molar-refractivity contribution in [3.63, 3.8) is 0 Å². The fourth-order valence-electron chi connectivity index (χ4n) is 11.6. The van der Waals surface area contributed by atoms with E-state index >= 15 is 0 Å². The van der Waals surface area contributed by atoms with Crippen molar-refractivity contribution in [2.75, 3.05) is 4.90 Å². The van der Waals surface area contributed by atoms with Gasteiger partial charge in [-0.3, -0.25) is 0 Å². The van der Waals surface area contributed by atoms with Gasteiger partial charge in [-0.2, -0.15) is 0 Å². The highest BCUT2D eigenvalue weighted by Gasteiger charge is 2.46. The molecular formula is C64H46N2. The van der Waals surface area contributed by atoms with Gasteiger partial charge >= 0.3 is 0 Å². The molecule has 0 saturated heterocycles. The molecule has 0 radical (unpaired) electrons. The molecule has 2 aliphatic rings. The molecule has 1 aromatic heterocycles. The Balaban J connectivity index is 0.976. The molecule has 0 fully saturated rings. The van der Waals surface area contributed by atoms with Gasteiger partial charge in [-0.1, -0.05) is 190 Å². The van der Waals surface area contributed by atoms with Crippen molar-refractivity contribution in [1.82, 2.24) is 4.57 Å². The molecular weight excluding hydrogens is 797 g/mol. The minimum absolute atomic E-state index is 0.246. The minimum atomic E-state index is -0.509. The van der Waals surface area contributed by atoms with Gasteiger partial charge in [0.1, 0.15) is 0 Å². The Morgan fingerprint density at radius 1 is 0.364 bits per heavy atom. The zero-order valence-electron chi connectivity index (χ0n) is 37.0. The average Bonchev–Trinajstić information content (AvgIpc) is 4.02. The molecule has 0 N–H and O–H groups in total. The Bertz CT molecular complexity index is 3620. The first-order valence-corrected chi connectivity index (χ1v) is 23.1. The SMILES string of the molecule is CC1(C)c2cc(N(c3ccc(-c4ccccc4)cc3)c3ccc4c(c3)C(c3ccccc3)(c3ccccc3)c3ccccc3-4)ccc2-c2ccc(-n3ccc4c5ccccc5ccc43)cc21. The average molecular weight is 843 g/mol. The van der Waals surface area contributed by atoms with Crippen LogP contribution < -0.4 is 4.90 Å². The molecule has 2 aliphatic carbocycles. The van der Waals surface area contributed by atoms with Crippen LogP contribution in [-0.2, 0) is 10.8 Å². The third-order valence-electron chi connectivity index (χ3n) is 14.7. The predicted octanol–water partition coefficient (Wildman–Crippen LogP) is 16.6. The summed E-state index contributed by atoms with van der Waals surface area (Å²) in [5.41, 5.74) is 20.4. The normalized spacial score (nSPS) is 13.8. The van der Waals surface area contributed by atoms with E-state index in [0.717, 1.165) is 17.1 Å². The number of anilines is 3. The van der Waals surface area contributed by atoms with E-state index < -0.39 is 5.41 Å². The fraction of sp³-hybridized carbons (Fsp3) is 0.0625. The smallest absolute Gasteiger partial charge is 0.0714 e. The Labute approximate surface area is 386 Å². The molecule has 0 unspecified atom stereocenters. The van der Waals surface area contributed by atoms with E-state index in [1.807, 2.05) is 0 Å². The summed E-state index contributed by atoms with van der Waals surface area (Å²) in [6.45, 7) is 4.79. The topological polar surface area (TPSA) is 8.17 Å². The number of nitrogens with zero attached hydrogens (tertiary/aromatic N) is 2. The standard InChI is InChI=1S/C64H46N2/c1-63(2)59-40-49(65-39-38-57-52-23-13-12-18-45(52)28-37-62(57)65)31-34-54(59)55-35-32-50(41-60(55)63)66(48-29-26-44(27-30-48)43-16-6-3-7-17-43)51-33-36-56-53-24-14-15-25-58(53)64(61(56)42-51,46-19-8-4-9-20-46)47-21-10-5-11-22-47/h3-42H,1-2H3. The van der Waals surface area contributed by atoms with E-state index in [9.17, 15) is 0 Å². The molecule has 312 valence electrons. The molecule has 10 aromatic carbocycles. The molecule has 2 nitrogen and oxygen atoms in total. The van der Waals surface area contributed by atoms with E-state index in [-0.39, 0.29) is 5.41 Å². The Morgan fingerprint density at radius 3 is 1.61 bits per heavy atom. The van der Waals surface area contributed by atoms with Crippen LogP contribution in [0.5, 0.6) is 0 Å². The second-order valence-electron chi connectivity index (χ2n) is 18.5. The minimum Gasteiger partial charge on any atom is -0.317 e. The summed E-state index contributed by atoms with van der Waals surface area (Å²) >= 11 is 0. The quantitative estimate of drug-likeness (QED) is 0.155. The number of fused-ring (bicyclic) bond motifs is 9. The first-order chi connectivity index (χ1) is 32.5. The van der Waals surface area contributed by atoms with Gasteiger partial charge in [-0.15, -0.1) is 0 Å². The van der Waals surface area contributed by atoms with Gasteiger partial charge in [-0.05, 0) is 138 Å². The van der Waals surface area contributed by atoms with E-state index in [4.69, 9.17) is 0 Å². The highest BCUT2D eigenvalue weighted by Crippen LogP contribution is 2.58. The lowest BCUT2D eigenvalue weighted by Gasteiger charge is -2.35. The highest BCUT2D eigenvalue weighted by atomic mass is 15.1. The maximum atomic E-state index is 2.48. The molecule has 66 heavy (non-hydrogen) atoms. The lowest BCUT2D eigenvalue weighted by molar-refractivity contribution is 0.660. The second-order valence-corrected chi connectivity index (χ2v) is 18.5. The summed E-state index contributed by atoms with van der Waals surface area (Å²) in [6, 6.07) is 87.8. The third-order valence-corrected chi connectivity index (χ3v) is 14.7. The monoisotopic (exact) mass is 842 g/mol. The summed E-state index contributed by atoms with van der Waals surface area (Å²) in [7, 11) is 0. The zero-order valence-corrected chi connectivity index (χ0v) is 37.0. The molecule has 2 heteroatoms. The predicted molar refractivity (Wildman–Crippen MR) is 276 cm³/mol. The van der Waals surface area contributed by atoms with Crippen molar-refractivity contribution < 1.29 is 0 Å². The van der Waals surface area contributed by atoms with Crippen molar-refractivity contribution in [1.29, 1.82) is 0 Å². The number of aromatic nitrogens is 1. The van der Waals surface area contributed by atoms with E-state index in [1.54, 1.807) is 0 Å². The Hall–Kier alpha value is -8.20. The van der Waals surface area contributed by atoms with Crippen LogP contribution in [0.4, 0.5) is 17.1 Å². The molecule has 1 heterocycles. The van der Waals surface area contributed by atoms with E-state index in [0.29, 0.717) is 0 Å². The van der Waals surface area contributed by atoms with Crippen molar-refractivity contribution in [2.24, 2.45) is 0 Å². The van der Waals surface area contributed by atoms with Crippen LogP contribution >= 0.6 is 0 Å². The van der Waals surface area contributed by atoms with Gasteiger partial charge in [0.05, 0.1) is 10.9 Å². The largest absolute Gasteiger partial charge is 0.317 e. The highest BCUT2D eigenvalue weighted by molar-refractivity contribution is 6.07. The van der Waals surface area contributed by atoms with Crippen LogP contribution in [0.1, 0.15) is 47.2 Å². The fourth-order valence-corrected chi connectivity index (χ4v) is 11.6. The molecule has 0 spiro atoms. The lowest BCUT2D eigenvalue weighted by atomic mass is 9.67. The molecule has 0 bridgehead atoms. The number of hydrogen-bond donors (Lipinski definition) is 0. The van der Waals surface area contributed by atoms with E-state index in [2.05, 4.69) is 266 Å². The van der Waals surface area contributed by atoms with E-state index in [1.165, 1.54) is 94.1 Å². The van der Waals surface area contributed by atoms with Crippen LogP contribution in [0.25, 0.3) is 60.7 Å². The molecule has 0 saturated carbocycles. The third kappa shape index (κ3) is 5.61. The van der Waals surface area contributed by atoms with Gasteiger partial charge in [0.15, 0.2) is 0 Å². The number of rotatable bonds is 7. The maximum absolute atomic E-state index is 2.48. The summed E-state index contributed by atoms with van der Waals surface area (Å²) in [5.74, 6) is 0. The molecule has 0 aliphatic heterocycles. The zero-order chi connectivity index (χ0) is 44.0. The van der Waals surface area contributed by atoms with Crippen LogP contribution in [0.15, 0.2) is 243 Å². The molecule has 0 atom stereocenters. The van der Waals surface area contributed by atoms with Crippen molar-refractivity contribution in [3.8, 4) is 39.1 Å². The molecule has 13 rings (SSSR count). The lowest BCUT2D eigenvalue weighted by Crippen LogP contribution is -2.28. The van der Waals surface area contributed by atoms with Crippen LogP contribution in [0, 0.1) is 0 Å². The number of benzene rings is 10. The molecule has 0 amide bonds. The van der Waals surface area contributed by atoms with Gasteiger partial charge < -0.3 is 9.47 Å². The van der Waals surface area contributed by atoms with Gasteiger partial charge in [-0.25, -0.2) is 0 Å². The first kappa shape index (κ1) is 38.3. The Morgan fingerprint density at radius 2 is 0.894 bits per heavy atom. The summed E-state index contributed by atoms with van der Waals surface area (Å²) in [4.78, 5) is 2.47. The van der Waals surface area contributed by atoms with Crippen molar-refractivity contribution >= 4 is 38.7 Å². The summed E-state index contributed by atoms with van der Waals surface area (Å²) in [6.07, 6.45) is 2.23. The number of hydrogen-bond acceptors (Lipinski definition) is 1. The van der Waals surface area contributed by atoms with Crippen molar-refractivity contribution in [2.45, 2.75) is 24.7 Å². The van der Waals surface area contributed by atoms with Crippen LogP contribution in [0.3, 0.4) is 0 Å². The van der Waals surface area contributed by atoms with Crippen LogP contribution in [0.2, 0.25) is 0 Å². The Kier molecular flexibility index (Phi) is 8.51.